The molecule has 3 rings (SSSR count). The minimum atomic E-state index is -0.772. The topological polar surface area (TPSA) is 65.6 Å². The van der Waals surface area contributed by atoms with Gasteiger partial charge in [0.2, 0.25) is 0 Å². The van der Waals surface area contributed by atoms with Crippen LogP contribution in [0.1, 0.15) is 17.7 Å². The summed E-state index contributed by atoms with van der Waals surface area (Å²) in [7, 11) is 0. The standard InChI is InChI=1S/C16H20N2O3/c1-11-14(13-4-2-3-5-15(13)17-11)9-18-6-7-21-10-12(18)8-16(19)20/h2-5,12,17H,6-10H2,1H3,(H,19,20). The molecule has 0 amide bonds. The van der Waals surface area contributed by atoms with Gasteiger partial charge in [0.1, 0.15) is 0 Å². The van der Waals surface area contributed by atoms with Crippen LogP contribution in [0.15, 0.2) is 24.3 Å². The maximum Gasteiger partial charge on any atom is 0.305 e. The fourth-order valence-corrected chi connectivity index (χ4v) is 3.03. The maximum atomic E-state index is 11.0. The third-order valence-electron chi connectivity index (χ3n) is 4.15. The number of carboxylic acids is 1. The lowest BCUT2D eigenvalue weighted by Crippen LogP contribution is -2.45. The van der Waals surface area contributed by atoms with E-state index in [4.69, 9.17) is 9.84 Å². The van der Waals surface area contributed by atoms with Gasteiger partial charge >= 0.3 is 5.97 Å². The highest BCUT2D eigenvalue weighted by molar-refractivity contribution is 5.84. The Morgan fingerprint density at radius 1 is 1.48 bits per heavy atom. The number of carboxylic acid groups (broad SMARTS) is 1. The van der Waals surface area contributed by atoms with Crippen LogP contribution in [0.4, 0.5) is 0 Å². The third-order valence-corrected chi connectivity index (χ3v) is 4.15. The zero-order valence-electron chi connectivity index (χ0n) is 12.1. The number of aromatic amines is 1. The smallest absolute Gasteiger partial charge is 0.305 e. The van der Waals surface area contributed by atoms with E-state index in [1.807, 2.05) is 12.1 Å². The van der Waals surface area contributed by atoms with Gasteiger partial charge in [-0.15, -0.1) is 0 Å². The zero-order valence-corrected chi connectivity index (χ0v) is 12.1. The van der Waals surface area contributed by atoms with Crippen molar-refractivity contribution in [2.24, 2.45) is 0 Å². The van der Waals surface area contributed by atoms with Crippen molar-refractivity contribution in [1.29, 1.82) is 0 Å². The number of hydrogen-bond acceptors (Lipinski definition) is 3. The van der Waals surface area contributed by atoms with Gasteiger partial charge < -0.3 is 14.8 Å². The van der Waals surface area contributed by atoms with E-state index in [1.165, 1.54) is 10.9 Å². The highest BCUT2D eigenvalue weighted by atomic mass is 16.5. The molecule has 0 radical (unpaired) electrons. The quantitative estimate of drug-likeness (QED) is 0.904. The van der Waals surface area contributed by atoms with E-state index >= 15 is 0 Å². The Kier molecular flexibility index (Phi) is 3.94. The molecule has 0 bridgehead atoms. The summed E-state index contributed by atoms with van der Waals surface area (Å²) in [5.41, 5.74) is 3.53. The molecule has 1 unspecified atom stereocenters. The number of hydrogen-bond donors (Lipinski definition) is 2. The Hall–Kier alpha value is -1.85. The monoisotopic (exact) mass is 288 g/mol. The van der Waals surface area contributed by atoms with E-state index in [2.05, 4.69) is 28.9 Å². The Morgan fingerprint density at radius 3 is 3.10 bits per heavy atom. The molecule has 2 N–H and O–H groups in total. The van der Waals surface area contributed by atoms with E-state index in [-0.39, 0.29) is 12.5 Å². The molecule has 0 spiro atoms. The second-order valence-electron chi connectivity index (χ2n) is 5.57. The highest BCUT2D eigenvalue weighted by Gasteiger charge is 2.26. The van der Waals surface area contributed by atoms with Crippen molar-refractivity contribution in [3.8, 4) is 0 Å². The summed E-state index contributed by atoms with van der Waals surface area (Å²) in [4.78, 5) is 16.6. The Morgan fingerprint density at radius 2 is 2.29 bits per heavy atom. The number of nitrogens with zero attached hydrogens (tertiary/aromatic N) is 1. The van der Waals surface area contributed by atoms with Crippen LogP contribution in [0.2, 0.25) is 0 Å². The molecule has 112 valence electrons. The van der Waals surface area contributed by atoms with Crippen LogP contribution in [0.3, 0.4) is 0 Å². The Bertz CT molecular complexity index is 650. The molecule has 5 heteroatoms. The summed E-state index contributed by atoms with van der Waals surface area (Å²) < 4.78 is 5.44. The van der Waals surface area contributed by atoms with Crippen molar-refractivity contribution in [2.75, 3.05) is 19.8 Å². The lowest BCUT2D eigenvalue weighted by molar-refractivity contribution is -0.140. The largest absolute Gasteiger partial charge is 0.481 e. The molecule has 1 saturated heterocycles. The summed E-state index contributed by atoms with van der Waals surface area (Å²) >= 11 is 0. The number of aliphatic carboxylic acids is 1. The molecule has 2 aromatic rings. The number of nitrogens with one attached hydrogen (secondary N) is 1. The Labute approximate surface area is 123 Å². The second kappa shape index (κ2) is 5.87. The van der Waals surface area contributed by atoms with Crippen molar-refractivity contribution in [1.82, 2.24) is 9.88 Å². The van der Waals surface area contributed by atoms with Gasteiger partial charge in [-0.1, -0.05) is 18.2 Å². The number of H-pyrrole nitrogens is 1. The normalized spacial score (nSPS) is 20.0. The predicted molar refractivity (Wildman–Crippen MR) is 80.3 cm³/mol. The van der Waals surface area contributed by atoms with Crippen molar-refractivity contribution < 1.29 is 14.6 Å². The molecule has 1 atom stereocenters. The summed E-state index contributed by atoms with van der Waals surface area (Å²) in [5, 5.41) is 10.3. The minimum absolute atomic E-state index is 0.0516. The van der Waals surface area contributed by atoms with Crippen LogP contribution in [-0.4, -0.2) is 46.8 Å². The van der Waals surface area contributed by atoms with Gasteiger partial charge in [0.15, 0.2) is 0 Å². The van der Waals surface area contributed by atoms with E-state index in [0.717, 1.165) is 24.3 Å². The van der Waals surface area contributed by atoms with E-state index in [0.29, 0.717) is 13.2 Å². The number of carbonyl (C=O) groups is 1. The molecule has 21 heavy (non-hydrogen) atoms. The number of para-hydroxylation sites is 1. The van der Waals surface area contributed by atoms with Crippen molar-refractivity contribution >= 4 is 16.9 Å². The van der Waals surface area contributed by atoms with Gasteiger partial charge in [0.05, 0.1) is 19.6 Å². The van der Waals surface area contributed by atoms with Crippen LogP contribution >= 0.6 is 0 Å². The number of aryl methyl sites for hydroxylation is 1. The fourth-order valence-electron chi connectivity index (χ4n) is 3.03. The summed E-state index contributed by atoms with van der Waals surface area (Å²) in [6, 6.07) is 8.18. The lowest BCUT2D eigenvalue weighted by atomic mass is 10.1. The maximum absolute atomic E-state index is 11.0. The fraction of sp³-hybridized carbons (Fsp3) is 0.438. The zero-order chi connectivity index (χ0) is 14.8. The first-order valence-corrected chi connectivity index (χ1v) is 7.25. The molecule has 1 aliphatic heterocycles. The van der Waals surface area contributed by atoms with Crippen LogP contribution in [0, 0.1) is 6.92 Å². The van der Waals surface area contributed by atoms with E-state index in [9.17, 15) is 4.79 Å². The molecule has 0 saturated carbocycles. The summed E-state index contributed by atoms with van der Waals surface area (Å²) in [6.07, 6.45) is 0.126. The molecular weight excluding hydrogens is 268 g/mol. The second-order valence-corrected chi connectivity index (χ2v) is 5.57. The summed E-state index contributed by atoms with van der Waals surface area (Å²) in [5.74, 6) is -0.772. The van der Waals surface area contributed by atoms with Gasteiger partial charge in [0.25, 0.3) is 0 Å². The first-order valence-electron chi connectivity index (χ1n) is 7.25. The SMILES string of the molecule is Cc1[nH]c2ccccc2c1CN1CCOCC1CC(=O)O. The number of rotatable bonds is 4. The molecule has 2 heterocycles. The van der Waals surface area contributed by atoms with Crippen LogP contribution < -0.4 is 0 Å². The number of fused-ring (bicyclic) bond motifs is 1. The molecule has 1 aromatic carbocycles. The van der Waals surface area contributed by atoms with Gasteiger partial charge in [-0.3, -0.25) is 9.69 Å². The highest BCUT2D eigenvalue weighted by Crippen LogP contribution is 2.25. The molecule has 1 aromatic heterocycles. The Balaban J connectivity index is 1.85. The van der Waals surface area contributed by atoms with Gasteiger partial charge in [-0.05, 0) is 18.6 Å². The van der Waals surface area contributed by atoms with E-state index in [1.54, 1.807) is 0 Å². The number of morpholine rings is 1. The average Bonchev–Trinajstić information content (AvgIpc) is 2.77. The van der Waals surface area contributed by atoms with Gasteiger partial charge in [0, 0.05) is 35.7 Å². The minimum Gasteiger partial charge on any atom is -0.481 e. The first kappa shape index (κ1) is 14.1. The van der Waals surface area contributed by atoms with Crippen LogP contribution in [0.5, 0.6) is 0 Å². The van der Waals surface area contributed by atoms with Gasteiger partial charge in [-0.25, -0.2) is 0 Å². The predicted octanol–water partition coefficient (Wildman–Crippen LogP) is 2.15. The molecule has 0 aliphatic carbocycles. The lowest BCUT2D eigenvalue weighted by Gasteiger charge is -2.34. The molecule has 1 aliphatic rings. The number of benzene rings is 1. The average molecular weight is 288 g/mol. The van der Waals surface area contributed by atoms with Crippen LogP contribution in [0.25, 0.3) is 10.9 Å². The summed E-state index contributed by atoms with van der Waals surface area (Å²) in [6.45, 7) is 4.77. The van der Waals surface area contributed by atoms with Crippen LogP contribution in [-0.2, 0) is 16.1 Å². The molecule has 5 nitrogen and oxygen atoms in total. The van der Waals surface area contributed by atoms with Crippen molar-refractivity contribution in [3.05, 3.63) is 35.5 Å². The van der Waals surface area contributed by atoms with E-state index < -0.39 is 5.97 Å². The third kappa shape index (κ3) is 2.94. The molecular formula is C16H20N2O3. The first-order chi connectivity index (χ1) is 10.1. The number of aromatic nitrogens is 1. The van der Waals surface area contributed by atoms with Crippen molar-refractivity contribution in [3.63, 3.8) is 0 Å². The number of ether oxygens (including phenoxy) is 1. The molecule has 1 fully saturated rings. The van der Waals surface area contributed by atoms with Crippen molar-refractivity contribution in [2.45, 2.75) is 25.9 Å². The van der Waals surface area contributed by atoms with Gasteiger partial charge in [-0.2, -0.15) is 0 Å².